The molecule has 0 radical (unpaired) electrons. The van der Waals surface area contributed by atoms with Crippen LogP contribution in [-0.4, -0.2) is 12.9 Å². The summed E-state index contributed by atoms with van der Waals surface area (Å²) >= 11 is 9.19. The van der Waals surface area contributed by atoms with Gasteiger partial charge in [0.25, 0.3) is 0 Å². The molecule has 0 spiro atoms. The number of amidine groups is 1. The fourth-order valence-electron chi connectivity index (χ4n) is 0.968. The van der Waals surface area contributed by atoms with Gasteiger partial charge in [0.05, 0.1) is 0 Å². The van der Waals surface area contributed by atoms with E-state index in [1.54, 1.807) is 19.2 Å². The van der Waals surface area contributed by atoms with Crippen LogP contribution in [0.5, 0.6) is 0 Å². The minimum atomic E-state index is 0.600. The van der Waals surface area contributed by atoms with Crippen LogP contribution in [0.25, 0.3) is 0 Å². The summed E-state index contributed by atoms with van der Waals surface area (Å²) in [6, 6.07) is 5.47. The van der Waals surface area contributed by atoms with Gasteiger partial charge >= 0.3 is 0 Å². The first-order valence-corrected chi connectivity index (χ1v) is 4.74. The minimum absolute atomic E-state index is 0.600. The highest BCUT2D eigenvalue weighted by molar-refractivity contribution is 9.10. The Morgan fingerprint density at radius 2 is 2.23 bits per heavy atom. The van der Waals surface area contributed by atoms with Crippen molar-refractivity contribution in [1.29, 1.82) is 0 Å². The van der Waals surface area contributed by atoms with Crippen LogP contribution in [0.3, 0.4) is 0 Å². The number of halogens is 2. The van der Waals surface area contributed by atoms with Gasteiger partial charge in [-0.25, -0.2) is 5.84 Å². The maximum absolute atomic E-state index is 5.85. The lowest BCUT2D eigenvalue weighted by molar-refractivity contribution is 1.02. The quantitative estimate of drug-likeness (QED) is 0.352. The van der Waals surface area contributed by atoms with Crippen LogP contribution >= 0.6 is 27.5 Å². The van der Waals surface area contributed by atoms with Crippen LogP contribution in [0.1, 0.15) is 5.56 Å². The Labute approximate surface area is 90.1 Å². The number of benzene rings is 1. The van der Waals surface area contributed by atoms with E-state index in [-0.39, 0.29) is 0 Å². The number of hydrogen-bond acceptors (Lipinski definition) is 2. The fourth-order valence-corrected chi connectivity index (χ4v) is 1.83. The Hall–Kier alpha value is -0.580. The average molecular weight is 263 g/mol. The topological polar surface area (TPSA) is 50.4 Å². The maximum Gasteiger partial charge on any atom is 0.142 e. The summed E-state index contributed by atoms with van der Waals surface area (Å²) in [4.78, 5) is 3.96. The van der Waals surface area contributed by atoms with Crippen LogP contribution in [0, 0.1) is 0 Å². The highest BCUT2D eigenvalue weighted by Gasteiger charge is 2.02. The molecule has 1 rings (SSSR count). The molecule has 0 unspecified atom stereocenters. The molecule has 1 aromatic carbocycles. The summed E-state index contributed by atoms with van der Waals surface area (Å²) in [6.07, 6.45) is 0. The molecule has 0 saturated heterocycles. The number of nitrogens with zero attached hydrogens (tertiary/aromatic N) is 1. The Bertz CT molecular complexity index is 318. The lowest BCUT2D eigenvalue weighted by atomic mass is 10.2. The lowest BCUT2D eigenvalue weighted by Crippen LogP contribution is -2.30. The zero-order chi connectivity index (χ0) is 9.84. The van der Waals surface area contributed by atoms with Crippen LogP contribution in [0.2, 0.25) is 5.02 Å². The molecule has 5 heteroatoms. The summed E-state index contributed by atoms with van der Waals surface area (Å²) in [5.41, 5.74) is 3.34. The van der Waals surface area contributed by atoms with Crippen molar-refractivity contribution in [3.63, 3.8) is 0 Å². The van der Waals surface area contributed by atoms with Gasteiger partial charge in [-0.3, -0.25) is 4.99 Å². The zero-order valence-corrected chi connectivity index (χ0v) is 9.35. The Balaban J connectivity index is 3.14. The van der Waals surface area contributed by atoms with E-state index in [4.69, 9.17) is 17.4 Å². The van der Waals surface area contributed by atoms with Crippen molar-refractivity contribution in [2.45, 2.75) is 0 Å². The highest BCUT2D eigenvalue weighted by Crippen LogP contribution is 2.19. The second-order valence-electron chi connectivity index (χ2n) is 2.37. The number of hydrogen-bond donors (Lipinski definition) is 2. The largest absolute Gasteiger partial charge is 0.308 e. The molecule has 0 aromatic heterocycles. The van der Waals surface area contributed by atoms with E-state index in [2.05, 4.69) is 26.3 Å². The second kappa shape index (κ2) is 4.60. The van der Waals surface area contributed by atoms with Crippen LogP contribution < -0.4 is 11.3 Å². The van der Waals surface area contributed by atoms with Crippen molar-refractivity contribution in [2.24, 2.45) is 10.8 Å². The van der Waals surface area contributed by atoms with Gasteiger partial charge in [-0.05, 0) is 18.2 Å². The third-order valence-corrected chi connectivity index (χ3v) is 2.17. The molecule has 3 nitrogen and oxygen atoms in total. The third-order valence-electron chi connectivity index (χ3n) is 1.50. The van der Waals surface area contributed by atoms with Gasteiger partial charge in [0.1, 0.15) is 5.84 Å². The van der Waals surface area contributed by atoms with Gasteiger partial charge in [0.15, 0.2) is 0 Å². The summed E-state index contributed by atoms with van der Waals surface area (Å²) in [5, 5.41) is 0.640. The number of nitrogens with one attached hydrogen (secondary N) is 1. The molecule has 0 aliphatic rings. The van der Waals surface area contributed by atoms with Gasteiger partial charge in [-0.2, -0.15) is 0 Å². The predicted molar refractivity (Wildman–Crippen MR) is 58.9 cm³/mol. The molecule has 0 fully saturated rings. The first-order valence-electron chi connectivity index (χ1n) is 3.57. The van der Waals surface area contributed by atoms with Crippen LogP contribution in [0.4, 0.5) is 0 Å². The van der Waals surface area contributed by atoms with E-state index in [9.17, 15) is 0 Å². The minimum Gasteiger partial charge on any atom is -0.308 e. The number of hydrazine groups is 1. The molecule has 0 atom stereocenters. The SMILES string of the molecule is CN=C(NN)c1cc(Cl)cc(Br)c1. The average Bonchev–Trinajstić information content (AvgIpc) is 2.04. The molecule has 0 aliphatic carbocycles. The summed E-state index contributed by atoms with van der Waals surface area (Å²) in [6.45, 7) is 0. The molecular weight excluding hydrogens is 253 g/mol. The van der Waals surface area contributed by atoms with Gasteiger partial charge in [0.2, 0.25) is 0 Å². The van der Waals surface area contributed by atoms with E-state index in [1.807, 2.05) is 6.07 Å². The summed E-state index contributed by atoms with van der Waals surface area (Å²) in [5.74, 6) is 5.88. The first-order chi connectivity index (χ1) is 6.17. The second-order valence-corrected chi connectivity index (χ2v) is 3.73. The Kier molecular flexibility index (Phi) is 3.71. The van der Waals surface area contributed by atoms with E-state index in [0.29, 0.717) is 10.9 Å². The predicted octanol–water partition coefficient (Wildman–Crippen LogP) is 1.94. The molecule has 70 valence electrons. The molecular formula is C8H9BrClN3. The van der Waals surface area contributed by atoms with Gasteiger partial charge in [-0.15, -0.1) is 0 Å². The molecule has 3 N–H and O–H groups in total. The van der Waals surface area contributed by atoms with Crippen LogP contribution in [0.15, 0.2) is 27.7 Å². The summed E-state index contributed by atoms with van der Waals surface area (Å²) < 4.78 is 0.895. The molecule has 1 aromatic rings. The van der Waals surface area contributed by atoms with Gasteiger partial charge in [0, 0.05) is 22.1 Å². The fraction of sp³-hybridized carbons (Fsp3) is 0.125. The van der Waals surface area contributed by atoms with Crippen molar-refractivity contribution in [1.82, 2.24) is 5.43 Å². The molecule has 0 heterocycles. The monoisotopic (exact) mass is 261 g/mol. The van der Waals surface area contributed by atoms with Crippen molar-refractivity contribution in [3.05, 3.63) is 33.3 Å². The van der Waals surface area contributed by atoms with Gasteiger partial charge < -0.3 is 5.43 Å². The van der Waals surface area contributed by atoms with Gasteiger partial charge in [-0.1, -0.05) is 27.5 Å². The van der Waals surface area contributed by atoms with Crippen molar-refractivity contribution < 1.29 is 0 Å². The standard InChI is InChI=1S/C8H9BrClN3/c1-12-8(13-11)5-2-6(9)4-7(10)3-5/h2-4H,11H2,1H3,(H,12,13). The number of nitrogens with two attached hydrogens (primary N) is 1. The Morgan fingerprint density at radius 3 is 2.69 bits per heavy atom. The summed E-state index contributed by atoms with van der Waals surface area (Å²) in [7, 11) is 1.66. The normalized spacial score (nSPS) is 11.5. The van der Waals surface area contributed by atoms with E-state index >= 15 is 0 Å². The highest BCUT2D eigenvalue weighted by atomic mass is 79.9. The number of aliphatic imine (C=N–C) groups is 1. The van der Waals surface area contributed by atoms with Crippen LogP contribution in [-0.2, 0) is 0 Å². The third kappa shape index (κ3) is 2.69. The molecule has 0 amide bonds. The first kappa shape index (κ1) is 10.5. The lowest BCUT2D eigenvalue weighted by Gasteiger charge is -2.05. The van der Waals surface area contributed by atoms with Crippen molar-refractivity contribution >= 4 is 33.4 Å². The van der Waals surface area contributed by atoms with E-state index < -0.39 is 0 Å². The van der Waals surface area contributed by atoms with Crippen molar-refractivity contribution in [3.8, 4) is 0 Å². The zero-order valence-electron chi connectivity index (χ0n) is 7.01. The van der Waals surface area contributed by atoms with E-state index in [1.165, 1.54) is 0 Å². The molecule has 0 saturated carbocycles. The smallest absolute Gasteiger partial charge is 0.142 e. The van der Waals surface area contributed by atoms with Crippen molar-refractivity contribution in [2.75, 3.05) is 7.05 Å². The molecule has 0 bridgehead atoms. The number of rotatable bonds is 1. The Morgan fingerprint density at radius 1 is 1.54 bits per heavy atom. The maximum atomic E-state index is 5.85. The molecule has 13 heavy (non-hydrogen) atoms. The molecule has 0 aliphatic heterocycles. The van der Waals surface area contributed by atoms with E-state index in [0.717, 1.165) is 10.0 Å².